The van der Waals surface area contributed by atoms with Gasteiger partial charge in [-0.15, -0.1) is 0 Å². The quantitative estimate of drug-likeness (QED) is 0.729. The molecule has 1 amide bonds. The predicted molar refractivity (Wildman–Crippen MR) is 61.2 cm³/mol. The Morgan fingerprint density at radius 2 is 2.19 bits per heavy atom. The Labute approximate surface area is 96.9 Å². The Hall–Kier alpha value is -0.810. The fourth-order valence-corrected chi connectivity index (χ4v) is 1.61. The third-order valence-corrected chi connectivity index (χ3v) is 2.40. The molecule has 0 radical (unpaired) electrons. The van der Waals surface area contributed by atoms with Crippen LogP contribution in [0.1, 0.15) is 27.7 Å². The lowest BCUT2D eigenvalue weighted by Gasteiger charge is -2.38. The molecule has 5 heteroatoms. The molecule has 0 aromatic carbocycles. The van der Waals surface area contributed by atoms with E-state index in [1.165, 1.54) is 0 Å². The van der Waals surface area contributed by atoms with Gasteiger partial charge in [-0.2, -0.15) is 0 Å². The number of carbonyl (C=O) groups excluding carboxylic acids is 1. The molecule has 0 aromatic heterocycles. The highest BCUT2D eigenvalue weighted by Crippen LogP contribution is 2.15. The van der Waals surface area contributed by atoms with Gasteiger partial charge in [0.05, 0.1) is 19.3 Å². The molecule has 2 N–H and O–H groups in total. The average molecular weight is 230 g/mol. The van der Waals surface area contributed by atoms with Crippen molar-refractivity contribution in [3.63, 3.8) is 0 Å². The highest BCUT2D eigenvalue weighted by molar-refractivity contribution is 5.68. The van der Waals surface area contributed by atoms with E-state index in [0.717, 1.165) is 0 Å². The summed E-state index contributed by atoms with van der Waals surface area (Å²) >= 11 is 0. The lowest BCUT2D eigenvalue weighted by Crippen LogP contribution is -2.56. The van der Waals surface area contributed by atoms with Crippen LogP contribution in [-0.4, -0.2) is 48.4 Å². The normalized spacial score (nSPS) is 24.1. The van der Waals surface area contributed by atoms with Gasteiger partial charge in [-0.1, -0.05) is 0 Å². The zero-order chi connectivity index (χ0) is 12.3. The lowest BCUT2D eigenvalue weighted by molar-refractivity contribution is -0.0366. The van der Waals surface area contributed by atoms with Crippen LogP contribution in [0.3, 0.4) is 0 Å². The Morgan fingerprint density at radius 3 is 2.69 bits per heavy atom. The number of hydrogen-bond acceptors (Lipinski definition) is 4. The van der Waals surface area contributed by atoms with Crippen molar-refractivity contribution in [1.82, 2.24) is 4.90 Å². The molecule has 0 bridgehead atoms. The number of hydrogen-bond donors (Lipinski definition) is 1. The highest BCUT2D eigenvalue weighted by atomic mass is 16.6. The van der Waals surface area contributed by atoms with Crippen LogP contribution in [0.2, 0.25) is 0 Å². The van der Waals surface area contributed by atoms with E-state index in [4.69, 9.17) is 15.2 Å². The van der Waals surface area contributed by atoms with Crippen LogP contribution in [0, 0.1) is 0 Å². The maximum atomic E-state index is 11.9. The molecule has 0 aromatic rings. The minimum Gasteiger partial charge on any atom is -0.444 e. The number of nitrogens with zero attached hydrogens (tertiary/aromatic N) is 1. The van der Waals surface area contributed by atoms with E-state index in [1.807, 2.05) is 27.7 Å². The number of morpholine rings is 1. The third kappa shape index (κ3) is 3.64. The fraction of sp³-hybridized carbons (Fsp3) is 0.909. The maximum Gasteiger partial charge on any atom is 0.410 e. The van der Waals surface area contributed by atoms with Crippen LogP contribution in [0.5, 0.6) is 0 Å². The van der Waals surface area contributed by atoms with Crippen LogP contribution >= 0.6 is 0 Å². The van der Waals surface area contributed by atoms with Crippen molar-refractivity contribution in [2.45, 2.75) is 45.4 Å². The van der Waals surface area contributed by atoms with E-state index in [-0.39, 0.29) is 18.2 Å². The van der Waals surface area contributed by atoms with Crippen molar-refractivity contribution in [3.8, 4) is 0 Å². The van der Waals surface area contributed by atoms with Gasteiger partial charge in [0.1, 0.15) is 5.60 Å². The summed E-state index contributed by atoms with van der Waals surface area (Å²) in [4.78, 5) is 13.6. The number of nitrogens with two attached hydrogens (primary N) is 1. The van der Waals surface area contributed by atoms with Gasteiger partial charge in [0.2, 0.25) is 0 Å². The van der Waals surface area contributed by atoms with Gasteiger partial charge >= 0.3 is 6.09 Å². The van der Waals surface area contributed by atoms with Gasteiger partial charge < -0.3 is 15.2 Å². The molecule has 1 heterocycles. The SMILES string of the molecule is CC(N)C1COCCN1C(=O)OC(C)(C)C. The molecule has 2 unspecified atom stereocenters. The molecular weight excluding hydrogens is 208 g/mol. The van der Waals surface area contributed by atoms with E-state index in [2.05, 4.69) is 0 Å². The molecule has 1 aliphatic heterocycles. The zero-order valence-corrected chi connectivity index (χ0v) is 10.5. The molecule has 1 saturated heterocycles. The maximum absolute atomic E-state index is 11.9. The lowest BCUT2D eigenvalue weighted by atomic mass is 10.1. The van der Waals surface area contributed by atoms with E-state index in [1.54, 1.807) is 4.90 Å². The summed E-state index contributed by atoms with van der Waals surface area (Å²) in [7, 11) is 0. The first-order valence-corrected chi connectivity index (χ1v) is 5.64. The van der Waals surface area contributed by atoms with Crippen LogP contribution < -0.4 is 5.73 Å². The number of rotatable bonds is 1. The Morgan fingerprint density at radius 1 is 1.56 bits per heavy atom. The Kier molecular flexibility index (Phi) is 4.15. The minimum atomic E-state index is -0.474. The zero-order valence-electron chi connectivity index (χ0n) is 10.5. The molecule has 1 rings (SSSR count). The summed E-state index contributed by atoms with van der Waals surface area (Å²) in [5, 5.41) is 0. The molecule has 0 spiro atoms. The van der Waals surface area contributed by atoms with Crippen molar-refractivity contribution in [2.24, 2.45) is 5.73 Å². The third-order valence-electron chi connectivity index (χ3n) is 2.40. The smallest absolute Gasteiger partial charge is 0.410 e. The molecule has 1 aliphatic rings. The van der Waals surface area contributed by atoms with Crippen LogP contribution in [-0.2, 0) is 9.47 Å². The van der Waals surface area contributed by atoms with E-state index < -0.39 is 5.60 Å². The van der Waals surface area contributed by atoms with E-state index >= 15 is 0 Å². The van der Waals surface area contributed by atoms with Crippen LogP contribution in [0.4, 0.5) is 4.79 Å². The van der Waals surface area contributed by atoms with Gasteiger partial charge in [-0.3, -0.25) is 4.90 Å². The second-order valence-corrected chi connectivity index (χ2v) is 5.18. The van der Waals surface area contributed by atoms with Crippen molar-refractivity contribution >= 4 is 6.09 Å². The van der Waals surface area contributed by atoms with Crippen molar-refractivity contribution in [2.75, 3.05) is 19.8 Å². The molecule has 0 aliphatic carbocycles. The Bertz CT molecular complexity index is 248. The average Bonchev–Trinajstić information content (AvgIpc) is 2.15. The van der Waals surface area contributed by atoms with Gasteiger partial charge in [-0.25, -0.2) is 4.79 Å². The standard InChI is InChI=1S/C11H22N2O3/c1-8(12)9-7-15-6-5-13(9)10(14)16-11(2,3)4/h8-9H,5-7,12H2,1-4H3. The van der Waals surface area contributed by atoms with Gasteiger partial charge in [0, 0.05) is 12.6 Å². The van der Waals surface area contributed by atoms with Crippen molar-refractivity contribution < 1.29 is 14.3 Å². The second kappa shape index (κ2) is 5.01. The van der Waals surface area contributed by atoms with E-state index in [9.17, 15) is 4.79 Å². The molecule has 2 atom stereocenters. The predicted octanol–water partition coefficient (Wildman–Crippen LogP) is 0.969. The first-order chi connectivity index (χ1) is 7.31. The summed E-state index contributed by atoms with van der Waals surface area (Å²) in [6, 6.07) is -0.212. The molecule has 0 saturated carbocycles. The molecule has 1 fully saturated rings. The summed E-state index contributed by atoms with van der Waals surface area (Å²) in [6.07, 6.45) is -0.307. The number of ether oxygens (including phenoxy) is 2. The van der Waals surface area contributed by atoms with Crippen molar-refractivity contribution in [1.29, 1.82) is 0 Å². The van der Waals surface area contributed by atoms with E-state index in [0.29, 0.717) is 19.8 Å². The summed E-state index contributed by atoms with van der Waals surface area (Å²) in [5.41, 5.74) is 5.36. The highest BCUT2D eigenvalue weighted by Gasteiger charge is 2.32. The number of amides is 1. The van der Waals surface area contributed by atoms with Crippen LogP contribution in [0.15, 0.2) is 0 Å². The number of carbonyl (C=O) groups is 1. The summed E-state index contributed by atoms with van der Waals surface area (Å²) in [5.74, 6) is 0. The first-order valence-electron chi connectivity index (χ1n) is 5.64. The second-order valence-electron chi connectivity index (χ2n) is 5.18. The van der Waals surface area contributed by atoms with Gasteiger partial charge in [-0.05, 0) is 27.7 Å². The molecule has 94 valence electrons. The van der Waals surface area contributed by atoms with Gasteiger partial charge in [0.25, 0.3) is 0 Å². The molecule has 5 nitrogen and oxygen atoms in total. The first kappa shape index (κ1) is 13.3. The molecular formula is C11H22N2O3. The largest absolute Gasteiger partial charge is 0.444 e. The fourth-order valence-electron chi connectivity index (χ4n) is 1.61. The monoisotopic (exact) mass is 230 g/mol. The summed E-state index contributed by atoms with van der Waals surface area (Å²) in [6.45, 7) is 9.00. The van der Waals surface area contributed by atoms with Crippen LogP contribution in [0.25, 0.3) is 0 Å². The van der Waals surface area contributed by atoms with Crippen molar-refractivity contribution in [3.05, 3.63) is 0 Å². The topological polar surface area (TPSA) is 64.8 Å². The summed E-state index contributed by atoms with van der Waals surface area (Å²) < 4.78 is 10.7. The Balaban J connectivity index is 2.64. The van der Waals surface area contributed by atoms with Gasteiger partial charge in [0.15, 0.2) is 0 Å². The minimum absolute atomic E-state index is 0.0939. The molecule has 16 heavy (non-hydrogen) atoms.